The van der Waals surface area contributed by atoms with Gasteiger partial charge in [0, 0.05) is 32.6 Å². The number of nitrogens with zero attached hydrogens (tertiary/aromatic N) is 1. The molecule has 1 aliphatic heterocycles. The van der Waals surface area contributed by atoms with Crippen molar-refractivity contribution in [2.45, 2.75) is 26.3 Å². The van der Waals surface area contributed by atoms with Crippen molar-refractivity contribution in [2.75, 3.05) is 31.1 Å². The summed E-state index contributed by atoms with van der Waals surface area (Å²) in [4.78, 5) is 13.2. The highest BCUT2D eigenvalue weighted by atomic mass is 19.1. The Morgan fingerprint density at radius 1 is 1.40 bits per heavy atom. The molecule has 110 valence electrons. The quantitative estimate of drug-likeness (QED) is 0.806. The second-order valence-electron chi connectivity index (χ2n) is 5.05. The van der Waals surface area contributed by atoms with Crippen LogP contribution in [0.25, 0.3) is 0 Å². The average molecular weight is 279 g/mol. The van der Waals surface area contributed by atoms with Crippen molar-refractivity contribution in [1.82, 2.24) is 10.6 Å². The fourth-order valence-corrected chi connectivity index (χ4v) is 2.33. The highest BCUT2D eigenvalue weighted by Crippen LogP contribution is 2.21. The molecular weight excluding hydrogens is 257 g/mol. The van der Waals surface area contributed by atoms with Crippen LogP contribution in [-0.2, 0) is 11.3 Å². The van der Waals surface area contributed by atoms with Gasteiger partial charge in [0.15, 0.2) is 0 Å². The summed E-state index contributed by atoms with van der Waals surface area (Å²) in [5, 5.41) is 6.05. The lowest BCUT2D eigenvalue weighted by Crippen LogP contribution is -2.29. The number of hydrogen-bond donors (Lipinski definition) is 2. The van der Waals surface area contributed by atoms with Crippen LogP contribution in [0.3, 0.4) is 0 Å². The standard InChI is InChI=1S/C15H22FN3O/c1-2-6-17-11-12-3-4-14(13(16)10-12)19-8-5-15(20)18-7-9-19/h3-4,10,17H,2,5-9,11H2,1H3,(H,18,20). The fraction of sp³-hybridized carbons (Fsp3) is 0.533. The molecule has 1 fully saturated rings. The number of amides is 1. The zero-order chi connectivity index (χ0) is 14.4. The summed E-state index contributed by atoms with van der Waals surface area (Å²) in [7, 11) is 0. The van der Waals surface area contributed by atoms with Gasteiger partial charge in [0.2, 0.25) is 5.91 Å². The van der Waals surface area contributed by atoms with Crippen LogP contribution >= 0.6 is 0 Å². The molecule has 0 aromatic heterocycles. The minimum absolute atomic E-state index is 0.0355. The number of anilines is 1. The van der Waals surface area contributed by atoms with E-state index in [0.717, 1.165) is 18.5 Å². The molecule has 1 heterocycles. The maximum Gasteiger partial charge on any atom is 0.221 e. The first-order valence-corrected chi connectivity index (χ1v) is 7.21. The Kier molecular flexibility index (Phi) is 5.35. The number of carbonyl (C=O) groups excluding carboxylic acids is 1. The largest absolute Gasteiger partial charge is 0.367 e. The third-order valence-corrected chi connectivity index (χ3v) is 3.42. The summed E-state index contributed by atoms with van der Waals surface area (Å²) in [6.45, 7) is 5.50. The van der Waals surface area contributed by atoms with E-state index < -0.39 is 0 Å². The number of hydrogen-bond acceptors (Lipinski definition) is 3. The first-order chi connectivity index (χ1) is 9.70. The normalized spacial score (nSPS) is 15.9. The van der Waals surface area contributed by atoms with Gasteiger partial charge >= 0.3 is 0 Å². The topological polar surface area (TPSA) is 44.4 Å². The van der Waals surface area contributed by atoms with Gasteiger partial charge < -0.3 is 15.5 Å². The van der Waals surface area contributed by atoms with Crippen LogP contribution in [0.1, 0.15) is 25.3 Å². The molecule has 1 aromatic carbocycles. The van der Waals surface area contributed by atoms with Gasteiger partial charge in [0.1, 0.15) is 5.82 Å². The Bertz CT molecular complexity index is 464. The van der Waals surface area contributed by atoms with Crippen molar-refractivity contribution >= 4 is 11.6 Å². The molecule has 1 aliphatic rings. The molecule has 4 nitrogen and oxygen atoms in total. The lowest BCUT2D eigenvalue weighted by molar-refractivity contribution is -0.120. The Morgan fingerprint density at radius 2 is 2.25 bits per heavy atom. The molecule has 1 amide bonds. The van der Waals surface area contributed by atoms with Gasteiger partial charge in [-0.2, -0.15) is 0 Å². The van der Waals surface area contributed by atoms with E-state index in [1.54, 1.807) is 6.07 Å². The van der Waals surface area contributed by atoms with E-state index in [-0.39, 0.29) is 11.7 Å². The summed E-state index contributed by atoms with van der Waals surface area (Å²) in [5.74, 6) is -0.177. The van der Waals surface area contributed by atoms with Gasteiger partial charge in [-0.3, -0.25) is 4.79 Å². The Balaban J connectivity index is 2.03. The molecule has 0 saturated carbocycles. The zero-order valence-corrected chi connectivity index (χ0v) is 11.9. The monoisotopic (exact) mass is 279 g/mol. The predicted octanol–water partition coefficient (Wildman–Crippen LogP) is 1.65. The Hall–Kier alpha value is -1.62. The molecule has 2 rings (SSSR count). The van der Waals surface area contributed by atoms with Crippen molar-refractivity contribution in [3.05, 3.63) is 29.6 Å². The van der Waals surface area contributed by atoms with Crippen LogP contribution in [0.15, 0.2) is 18.2 Å². The van der Waals surface area contributed by atoms with Crippen molar-refractivity contribution in [1.29, 1.82) is 0 Å². The van der Waals surface area contributed by atoms with Crippen molar-refractivity contribution in [2.24, 2.45) is 0 Å². The van der Waals surface area contributed by atoms with E-state index in [2.05, 4.69) is 17.6 Å². The maximum atomic E-state index is 14.2. The highest BCUT2D eigenvalue weighted by Gasteiger charge is 2.16. The molecule has 1 saturated heterocycles. The Labute approximate surface area is 119 Å². The number of halogens is 1. The van der Waals surface area contributed by atoms with Gasteiger partial charge in [-0.05, 0) is 30.7 Å². The van der Waals surface area contributed by atoms with Gasteiger partial charge in [0.25, 0.3) is 0 Å². The summed E-state index contributed by atoms with van der Waals surface area (Å²) >= 11 is 0. The van der Waals surface area contributed by atoms with Crippen LogP contribution < -0.4 is 15.5 Å². The first kappa shape index (κ1) is 14.8. The fourth-order valence-electron chi connectivity index (χ4n) is 2.33. The lowest BCUT2D eigenvalue weighted by Gasteiger charge is -2.22. The number of nitrogens with one attached hydrogen (secondary N) is 2. The van der Waals surface area contributed by atoms with E-state index >= 15 is 0 Å². The van der Waals surface area contributed by atoms with Crippen molar-refractivity contribution in [3.63, 3.8) is 0 Å². The number of carbonyl (C=O) groups is 1. The summed E-state index contributed by atoms with van der Waals surface area (Å²) in [5.41, 5.74) is 1.53. The molecule has 5 heteroatoms. The van der Waals surface area contributed by atoms with Crippen LogP contribution in [-0.4, -0.2) is 32.1 Å². The summed E-state index contributed by atoms with van der Waals surface area (Å²) < 4.78 is 14.2. The third kappa shape index (κ3) is 3.93. The van der Waals surface area contributed by atoms with Gasteiger partial charge in [-0.15, -0.1) is 0 Å². The molecule has 0 atom stereocenters. The molecule has 1 aromatic rings. The van der Waals surface area contributed by atoms with E-state index in [0.29, 0.717) is 38.3 Å². The summed E-state index contributed by atoms with van der Waals surface area (Å²) in [6.07, 6.45) is 1.48. The van der Waals surface area contributed by atoms with Crippen molar-refractivity contribution < 1.29 is 9.18 Å². The molecule has 0 aliphatic carbocycles. The highest BCUT2D eigenvalue weighted by molar-refractivity contribution is 5.77. The Morgan fingerprint density at radius 3 is 3.00 bits per heavy atom. The lowest BCUT2D eigenvalue weighted by atomic mass is 10.1. The number of benzene rings is 1. The van der Waals surface area contributed by atoms with E-state index in [1.165, 1.54) is 0 Å². The van der Waals surface area contributed by atoms with Gasteiger partial charge in [0.05, 0.1) is 5.69 Å². The predicted molar refractivity (Wildman–Crippen MR) is 78.2 cm³/mol. The van der Waals surface area contributed by atoms with Crippen LogP contribution in [0, 0.1) is 5.82 Å². The summed E-state index contributed by atoms with van der Waals surface area (Å²) in [6, 6.07) is 5.34. The number of rotatable bonds is 5. The first-order valence-electron chi connectivity index (χ1n) is 7.21. The van der Waals surface area contributed by atoms with Crippen LogP contribution in [0.4, 0.5) is 10.1 Å². The second kappa shape index (κ2) is 7.24. The minimum atomic E-state index is -0.213. The van der Waals surface area contributed by atoms with Crippen LogP contribution in [0.5, 0.6) is 0 Å². The molecule has 0 spiro atoms. The van der Waals surface area contributed by atoms with E-state index in [9.17, 15) is 9.18 Å². The van der Waals surface area contributed by atoms with Gasteiger partial charge in [-0.25, -0.2) is 4.39 Å². The minimum Gasteiger partial charge on any atom is -0.367 e. The molecule has 0 unspecified atom stereocenters. The molecular formula is C15H22FN3O. The maximum absolute atomic E-state index is 14.2. The third-order valence-electron chi connectivity index (χ3n) is 3.42. The SMILES string of the molecule is CCCNCc1ccc(N2CCNC(=O)CC2)c(F)c1. The van der Waals surface area contributed by atoms with E-state index in [4.69, 9.17) is 0 Å². The van der Waals surface area contributed by atoms with E-state index in [1.807, 2.05) is 17.0 Å². The zero-order valence-electron chi connectivity index (χ0n) is 11.9. The van der Waals surface area contributed by atoms with Gasteiger partial charge in [-0.1, -0.05) is 13.0 Å². The molecule has 2 N–H and O–H groups in total. The smallest absolute Gasteiger partial charge is 0.221 e. The van der Waals surface area contributed by atoms with Crippen LogP contribution in [0.2, 0.25) is 0 Å². The molecule has 20 heavy (non-hydrogen) atoms. The molecule has 0 bridgehead atoms. The molecule has 0 radical (unpaired) electrons. The van der Waals surface area contributed by atoms with Crippen molar-refractivity contribution in [3.8, 4) is 0 Å². The average Bonchev–Trinajstić information content (AvgIpc) is 2.64. The second-order valence-corrected chi connectivity index (χ2v) is 5.05.